The Hall–Kier alpha value is -3.12. The monoisotopic (exact) mass is 384 g/mol. The zero-order chi connectivity index (χ0) is 19.4. The minimum absolute atomic E-state index is 0.271. The van der Waals surface area contributed by atoms with Crippen molar-refractivity contribution >= 4 is 35.1 Å². The van der Waals surface area contributed by atoms with Gasteiger partial charge in [-0.2, -0.15) is 0 Å². The van der Waals surface area contributed by atoms with Crippen molar-refractivity contribution < 1.29 is 19.1 Å². The SMILES string of the molecule is COc1ccc(C(=O)[C@H](C)OC(=O)/C=C/c2c(Cl)nc3ccccn23)cc1. The number of methoxy groups -OCH3 is 1. The van der Waals surface area contributed by atoms with Gasteiger partial charge in [-0.15, -0.1) is 0 Å². The predicted molar refractivity (Wildman–Crippen MR) is 102 cm³/mol. The quantitative estimate of drug-likeness (QED) is 0.367. The van der Waals surface area contributed by atoms with Crippen molar-refractivity contribution in [1.82, 2.24) is 9.38 Å². The van der Waals surface area contributed by atoms with E-state index in [1.165, 1.54) is 19.1 Å². The van der Waals surface area contributed by atoms with Crippen LogP contribution in [-0.2, 0) is 9.53 Å². The molecule has 0 aliphatic heterocycles. The molecule has 0 amide bonds. The normalized spacial score (nSPS) is 12.3. The van der Waals surface area contributed by atoms with Crippen LogP contribution in [0.5, 0.6) is 5.75 Å². The fourth-order valence-electron chi connectivity index (χ4n) is 2.54. The van der Waals surface area contributed by atoms with Crippen LogP contribution in [0.25, 0.3) is 11.7 Å². The average Bonchev–Trinajstić information content (AvgIpc) is 3.00. The second kappa shape index (κ2) is 8.05. The number of Topliss-reactive ketones (excluding diaryl/α,β-unsaturated/α-hetero) is 1. The van der Waals surface area contributed by atoms with Gasteiger partial charge in [-0.05, 0) is 49.4 Å². The Morgan fingerprint density at radius 3 is 2.63 bits per heavy atom. The third kappa shape index (κ3) is 4.17. The van der Waals surface area contributed by atoms with Gasteiger partial charge in [0.25, 0.3) is 0 Å². The summed E-state index contributed by atoms with van der Waals surface area (Å²) in [4.78, 5) is 28.6. The number of aromatic nitrogens is 2. The van der Waals surface area contributed by atoms with E-state index in [0.717, 1.165) is 0 Å². The van der Waals surface area contributed by atoms with E-state index in [1.54, 1.807) is 48.0 Å². The summed E-state index contributed by atoms with van der Waals surface area (Å²) in [5.41, 5.74) is 1.65. The molecule has 0 unspecified atom stereocenters. The number of benzene rings is 1. The van der Waals surface area contributed by atoms with Gasteiger partial charge < -0.3 is 9.47 Å². The second-order valence-corrected chi connectivity index (χ2v) is 6.08. The van der Waals surface area contributed by atoms with E-state index in [4.69, 9.17) is 21.1 Å². The Labute approximate surface area is 161 Å². The molecule has 3 aromatic rings. The number of rotatable bonds is 6. The highest BCUT2D eigenvalue weighted by Gasteiger charge is 2.18. The van der Waals surface area contributed by atoms with Crippen molar-refractivity contribution in [2.45, 2.75) is 13.0 Å². The predicted octanol–water partition coefficient (Wildman–Crippen LogP) is 3.82. The summed E-state index contributed by atoms with van der Waals surface area (Å²) in [6, 6.07) is 12.1. The van der Waals surface area contributed by atoms with E-state index < -0.39 is 12.1 Å². The number of carbonyl (C=O) groups excluding carboxylic acids is 2. The van der Waals surface area contributed by atoms with Gasteiger partial charge in [0.1, 0.15) is 11.4 Å². The van der Waals surface area contributed by atoms with E-state index in [9.17, 15) is 9.59 Å². The number of carbonyl (C=O) groups is 2. The summed E-state index contributed by atoms with van der Waals surface area (Å²) in [7, 11) is 1.55. The zero-order valence-electron chi connectivity index (χ0n) is 14.8. The molecule has 138 valence electrons. The molecule has 27 heavy (non-hydrogen) atoms. The highest BCUT2D eigenvalue weighted by Crippen LogP contribution is 2.19. The van der Waals surface area contributed by atoms with E-state index in [2.05, 4.69) is 4.98 Å². The lowest BCUT2D eigenvalue weighted by Crippen LogP contribution is -2.23. The molecule has 0 spiro atoms. The minimum Gasteiger partial charge on any atom is -0.497 e. The lowest BCUT2D eigenvalue weighted by Gasteiger charge is -2.11. The summed E-state index contributed by atoms with van der Waals surface area (Å²) < 4.78 is 12.0. The van der Waals surface area contributed by atoms with Crippen LogP contribution in [0.2, 0.25) is 5.15 Å². The number of hydrogen-bond acceptors (Lipinski definition) is 5. The van der Waals surface area contributed by atoms with Gasteiger partial charge in [-0.25, -0.2) is 9.78 Å². The van der Waals surface area contributed by atoms with Crippen molar-refractivity contribution in [1.29, 1.82) is 0 Å². The molecular formula is C20H17ClN2O4. The molecule has 0 N–H and O–H groups in total. The van der Waals surface area contributed by atoms with Gasteiger partial charge in [0.15, 0.2) is 11.3 Å². The summed E-state index contributed by atoms with van der Waals surface area (Å²) in [6.07, 6.45) is 3.60. The molecule has 0 saturated heterocycles. The number of ketones is 1. The molecular weight excluding hydrogens is 368 g/mol. The third-order valence-electron chi connectivity index (χ3n) is 3.94. The number of pyridine rings is 1. The smallest absolute Gasteiger partial charge is 0.331 e. The van der Waals surface area contributed by atoms with Crippen LogP contribution in [0, 0.1) is 0 Å². The molecule has 0 aliphatic rings. The summed E-state index contributed by atoms with van der Waals surface area (Å²) >= 11 is 6.11. The molecule has 0 saturated carbocycles. The Balaban J connectivity index is 1.68. The zero-order valence-corrected chi connectivity index (χ0v) is 15.5. The molecule has 0 aliphatic carbocycles. The Morgan fingerprint density at radius 1 is 1.19 bits per heavy atom. The maximum atomic E-state index is 12.4. The maximum Gasteiger partial charge on any atom is 0.331 e. The fraction of sp³-hybridized carbons (Fsp3) is 0.150. The van der Waals surface area contributed by atoms with Crippen molar-refractivity contribution in [3.05, 3.63) is 71.1 Å². The molecule has 2 aromatic heterocycles. The Bertz CT molecular complexity index is 1010. The number of ether oxygens (including phenoxy) is 2. The lowest BCUT2D eigenvalue weighted by atomic mass is 10.1. The van der Waals surface area contributed by atoms with Gasteiger partial charge in [0, 0.05) is 17.8 Å². The first-order valence-corrected chi connectivity index (χ1v) is 8.57. The van der Waals surface area contributed by atoms with Crippen molar-refractivity contribution in [2.75, 3.05) is 7.11 Å². The molecule has 0 radical (unpaired) electrons. The van der Waals surface area contributed by atoms with Crippen LogP contribution in [0.15, 0.2) is 54.7 Å². The molecule has 7 heteroatoms. The van der Waals surface area contributed by atoms with E-state index in [1.807, 2.05) is 12.1 Å². The molecule has 2 heterocycles. The standard InChI is InChI=1S/C20H17ClN2O4/c1-13(19(25)14-6-8-15(26-2)9-7-14)27-18(24)11-10-16-20(21)22-17-5-3-4-12-23(16)17/h3-13H,1-2H3/b11-10+/t13-/m0/s1. The van der Waals surface area contributed by atoms with Gasteiger partial charge >= 0.3 is 5.97 Å². The van der Waals surface area contributed by atoms with Crippen LogP contribution >= 0.6 is 11.6 Å². The second-order valence-electron chi connectivity index (χ2n) is 5.72. The van der Waals surface area contributed by atoms with Crippen LogP contribution < -0.4 is 4.74 Å². The van der Waals surface area contributed by atoms with E-state index in [-0.39, 0.29) is 10.9 Å². The fourth-order valence-corrected chi connectivity index (χ4v) is 2.78. The van der Waals surface area contributed by atoms with Gasteiger partial charge in [0.2, 0.25) is 5.78 Å². The van der Waals surface area contributed by atoms with Crippen LogP contribution in [0.3, 0.4) is 0 Å². The highest BCUT2D eigenvalue weighted by atomic mass is 35.5. The van der Waals surface area contributed by atoms with Crippen LogP contribution in [0.1, 0.15) is 23.0 Å². The van der Waals surface area contributed by atoms with Crippen LogP contribution in [0.4, 0.5) is 0 Å². The molecule has 1 aromatic carbocycles. The number of fused-ring (bicyclic) bond motifs is 1. The Morgan fingerprint density at radius 2 is 1.93 bits per heavy atom. The summed E-state index contributed by atoms with van der Waals surface area (Å²) in [5.74, 6) is -0.303. The van der Waals surface area contributed by atoms with Crippen LogP contribution in [-0.4, -0.2) is 34.4 Å². The first-order chi connectivity index (χ1) is 13.0. The van der Waals surface area contributed by atoms with Gasteiger partial charge in [-0.3, -0.25) is 9.20 Å². The molecule has 0 fully saturated rings. The third-order valence-corrected chi connectivity index (χ3v) is 4.21. The number of nitrogens with zero attached hydrogens (tertiary/aromatic N) is 2. The first kappa shape index (κ1) is 18.7. The van der Waals surface area contributed by atoms with E-state index >= 15 is 0 Å². The number of imidazole rings is 1. The number of halogens is 1. The molecule has 3 rings (SSSR count). The Kier molecular flexibility index (Phi) is 5.57. The number of esters is 1. The first-order valence-electron chi connectivity index (χ1n) is 8.19. The number of hydrogen-bond donors (Lipinski definition) is 0. The molecule has 1 atom stereocenters. The average molecular weight is 385 g/mol. The highest BCUT2D eigenvalue weighted by molar-refractivity contribution is 6.31. The summed E-state index contributed by atoms with van der Waals surface area (Å²) in [6.45, 7) is 1.53. The molecule has 6 nitrogen and oxygen atoms in total. The topological polar surface area (TPSA) is 69.9 Å². The van der Waals surface area contributed by atoms with Gasteiger partial charge in [0.05, 0.1) is 12.8 Å². The van der Waals surface area contributed by atoms with Crippen molar-refractivity contribution in [2.24, 2.45) is 0 Å². The van der Waals surface area contributed by atoms with Crippen molar-refractivity contribution in [3.63, 3.8) is 0 Å². The lowest BCUT2D eigenvalue weighted by molar-refractivity contribution is -0.140. The largest absolute Gasteiger partial charge is 0.497 e. The molecule has 0 bridgehead atoms. The maximum absolute atomic E-state index is 12.4. The minimum atomic E-state index is -0.923. The van der Waals surface area contributed by atoms with Gasteiger partial charge in [-0.1, -0.05) is 17.7 Å². The summed E-state index contributed by atoms with van der Waals surface area (Å²) in [5, 5.41) is 0.271. The van der Waals surface area contributed by atoms with Crippen molar-refractivity contribution in [3.8, 4) is 5.75 Å². The van der Waals surface area contributed by atoms with E-state index in [0.29, 0.717) is 22.7 Å².